The SMILES string of the molecule is N#CC(C#N)=CC=C(Sc1ncccn1)c1ccc(Cl)cc1. The highest BCUT2D eigenvalue weighted by Crippen LogP contribution is 2.32. The van der Waals surface area contributed by atoms with Gasteiger partial charge < -0.3 is 0 Å². The van der Waals surface area contributed by atoms with E-state index in [-0.39, 0.29) is 5.57 Å². The van der Waals surface area contributed by atoms with E-state index in [1.54, 1.807) is 36.7 Å². The largest absolute Gasteiger partial charge is 0.231 e. The van der Waals surface area contributed by atoms with Crippen LogP contribution in [0.5, 0.6) is 0 Å². The molecule has 0 saturated heterocycles. The number of nitrogens with zero attached hydrogens (tertiary/aromatic N) is 4. The molecular weight excluding hydrogens is 316 g/mol. The van der Waals surface area contributed by atoms with E-state index in [1.807, 2.05) is 24.3 Å². The zero-order chi connectivity index (χ0) is 15.8. The van der Waals surface area contributed by atoms with Crippen LogP contribution in [0.3, 0.4) is 0 Å². The van der Waals surface area contributed by atoms with E-state index in [1.165, 1.54) is 17.8 Å². The fourth-order valence-corrected chi connectivity index (χ4v) is 2.44. The molecule has 1 heterocycles. The second-order valence-electron chi connectivity index (χ2n) is 3.98. The number of rotatable bonds is 4. The number of halogens is 1. The summed E-state index contributed by atoms with van der Waals surface area (Å²) in [5.41, 5.74) is 0.925. The van der Waals surface area contributed by atoms with Crippen LogP contribution in [-0.4, -0.2) is 9.97 Å². The molecule has 0 atom stereocenters. The van der Waals surface area contributed by atoms with Crippen LogP contribution in [-0.2, 0) is 0 Å². The van der Waals surface area contributed by atoms with Crippen LogP contribution < -0.4 is 0 Å². The average Bonchev–Trinajstić information content (AvgIpc) is 2.56. The van der Waals surface area contributed by atoms with Crippen molar-refractivity contribution in [3.63, 3.8) is 0 Å². The molecule has 0 unspecified atom stereocenters. The van der Waals surface area contributed by atoms with E-state index in [2.05, 4.69) is 9.97 Å². The maximum atomic E-state index is 8.82. The summed E-state index contributed by atoms with van der Waals surface area (Å²) < 4.78 is 0. The van der Waals surface area contributed by atoms with Crippen molar-refractivity contribution < 1.29 is 0 Å². The number of hydrogen-bond donors (Lipinski definition) is 0. The van der Waals surface area contributed by atoms with Crippen LogP contribution in [0.15, 0.2) is 65.6 Å². The maximum absolute atomic E-state index is 8.82. The molecule has 0 N–H and O–H groups in total. The lowest BCUT2D eigenvalue weighted by Gasteiger charge is -2.05. The molecular formula is C16H9ClN4S. The molecule has 0 amide bonds. The van der Waals surface area contributed by atoms with Gasteiger partial charge in [-0.2, -0.15) is 10.5 Å². The van der Waals surface area contributed by atoms with E-state index in [0.717, 1.165) is 10.5 Å². The fraction of sp³-hybridized carbons (Fsp3) is 0. The molecule has 1 aromatic carbocycles. The minimum absolute atomic E-state index is 0.0287. The molecule has 0 fully saturated rings. The number of allylic oxidation sites excluding steroid dienone is 3. The summed E-state index contributed by atoms with van der Waals surface area (Å²) in [6.45, 7) is 0. The zero-order valence-electron chi connectivity index (χ0n) is 11.3. The van der Waals surface area contributed by atoms with Crippen LogP contribution in [0.25, 0.3) is 4.91 Å². The average molecular weight is 325 g/mol. The quantitative estimate of drug-likeness (QED) is 0.364. The Balaban J connectivity index is 2.39. The van der Waals surface area contributed by atoms with Gasteiger partial charge in [0.1, 0.15) is 17.7 Å². The Morgan fingerprint density at radius 3 is 2.27 bits per heavy atom. The topological polar surface area (TPSA) is 73.4 Å². The molecule has 0 bridgehead atoms. The number of aromatic nitrogens is 2. The highest BCUT2D eigenvalue weighted by atomic mass is 35.5. The lowest BCUT2D eigenvalue weighted by atomic mass is 10.2. The van der Waals surface area contributed by atoms with E-state index in [4.69, 9.17) is 22.1 Å². The summed E-state index contributed by atoms with van der Waals surface area (Å²) in [6, 6.07) is 12.6. The Morgan fingerprint density at radius 1 is 1.05 bits per heavy atom. The third kappa shape index (κ3) is 4.46. The monoisotopic (exact) mass is 324 g/mol. The molecule has 22 heavy (non-hydrogen) atoms. The van der Waals surface area contributed by atoms with E-state index in [9.17, 15) is 0 Å². The van der Waals surface area contributed by atoms with E-state index < -0.39 is 0 Å². The minimum atomic E-state index is 0.0287. The lowest BCUT2D eigenvalue weighted by Crippen LogP contribution is -1.86. The number of hydrogen-bond acceptors (Lipinski definition) is 5. The molecule has 0 saturated carbocycles. The normalized spacial score (nSPS) is 10.4. The first-order valence-electron chi connectivity index (χ1n) is 6.16. The number of thioether (sulfide) groups is 1. The number of nitriles is 2. The predicted molar refractivity (Wildman–Crippen MR) is 86.6 cm³/mol. The smallest absolute Gasteiger partial charge is 0.192 e. The number of benzene rings is 1. The van der Waals surface area contributed by atoms with Crippen molar-refractivity contribution in [2.45, 2.75) is 5.16 Å². The molecule has 1 aromatic heterocycles. The summed E-state index contributed by atoms with van der Waals surface area (Å²) in [5, 5.41) is 18.8. The third-order valence-corrected chi connectivity index (χ3v) is 3.75. The lowest BCUT2D eigenvalue weighted by molar-refractivity contribution is 0.972. The van der Waals surface area contributed by atoms with Crippen molar-refractivity contribution in [2.24, 2.45) is 0 Å². The molecule has 4 nitrogen and oxygen atoms in total. The van der Waals surface area contributed by atoms with Crippen LogP contribution in [0.1, 0.15) is 5.56 Å². The fourth-order valence-electron chi connectivity index (χ4n) is 1.50. The van der Waals surface area contributed by atoms with Crippen molar-refractivity contribution in [1.29, 1.82) is 10.5 Å². The summed E-state index contributed by atoms with van der Waals surface area (Å²) in [5.74, 6) is 0. The van der Waals surface area contributed by atoms with Crippen LogP contribution in [0.4, 0.5) is 0 Å². The molecule has 0 aliphatic rings. The highest BCUT2D eigenvalue weighted by Gasteiger charge is 2.06. The Hall–Kier alpha value is -2.60. The van der Waals surface area contributed by atoms with Gasteiger partial charge in [0.25, 0.3) is 0 Å². The summed E-state index contributed by atoms with van der Waals surface area (Å²) >= 11 is 7.24. The second kappa shape index (κ2) is 7.99. The van der Waals surface area contributed by atoms with Crippen molar-refractivity contribution in [2.75, 3.05) is 0 Å². The van der Waals surface area contributed by atoms with Gasteiger partial charge in [-0.1, -0.05) is 23.7 Å². The molecule has 2 rings (SSSR count). The van der Waals surface area contributed by atoms with Gasteiger partial charge in [0.15, 0.2) is 5.16 Å². The summed E-state index contributed by atoms with van der Waals surface area (Å²) in [6.07, 6.45) is 6.48. The van der Waals surface area contributed by atoms with Crippen LogP contribution in [0.2, 0.25) is 5.02 Å². The van der Waals surface area contributed by atoms with Gasteiger partial charge in [-0.25, -0.2) is 9.97 Å². The molecule has 2 aromatic rings. The summed E-state index contributed by atoms with van der Waals surface area (Å²) in [4.78, 5) is 9.14. The van der Waals surface area contributed by atoms with Crippen LogP contribution in [0, 0.1) is 22.7 Å². The first-order valence-corrected chi connectivity index (χ1v) is 7.35. The van der Waals surface area contributed by atoms with Crippen molar-refractivity contribution in [3.05, 3.63) is 71.0 Å². The van der Waals surface area contributed by atoms with Gasteiger partial charge >= 0.3 is 0 Å². The van der Waals surface area contributed by atoms with Gasteiger partial charge in [-0.3, -0.25) is 0 Å². The Bertz CT molecular complexity index is 768. The maximum Gasteiger partial charge on any atom is 0.192 e. The van der Waals surface area contributed by atoms with E-state index >= 15 is 0 Å². The Kier molecular flexibility index (Phi) is 5.73. The minimum Gasteiger partial charge on any atom is -0.231 e. The standard InChI is InChI=1S/C16H9ClN4S/c17-14-5-3-13(4-6-14)15(7-2-12(10-18)11-19)22-16-20-8-1-9-21-16/h1-9H. The molecule has 6 heteroatoms. The van der Waals surface area contributed by atoms with Gasteiger partial charge in [0.05, 0.1) is 0 Å². The van der Waals surface area contributed by atoms with Gasteiger partial charge in [0, 0.05) is 22.3 Å². The van der Waals surface area contributed by atoms with Crippen molar-refractivity contribution in [3.8, 4) is 12.1 Å². The van der Waals surface area contributed by atoms with Crippen LogP contribution >= 0.6 is 23.4 Å². The summed E-state index contributed by atoms with van der Waals surface area (Å²) in [7, 11) is 0. The first kappa shape index (κ1) is 15.8. The van der Waals surface area contributed by atoms with E-state index in [0.29, 0.717) is 10.2 Å². The van der Waals surface area contributed by atoms with Crippen molar-refractivity contribution >= 4 is 28.3 Å². The molecule has 0 spiro atoms. The Labute approximate surface area is 137 Å². The highest BCUT2D eigenvalue weighted by molar-refractivity contribution is 8.08. The molecule has 106 valence electrons. The Morgan fingerprint density at radius 2 is 1.68 bits per heavy atom. The molecule has 0 radical (unpaired) electrons. The second-order valence-corrected chi connectivity index (χ2v) is 5.42. The van der Waals surface area contributed by atoms with Crippen molar-refractivity contribution in [1.82, 2.24) is 9.97 Å². The van der Waals surface area contributed by atoms with Gasteiger partial charge in [0.2, 0.25) is 0 Å². The van der Waals surface area contributed by atoms with Gasteiger partial charge in [-0.05, 0) is 47.7 Å². The van der Waals surface area contributed by atoms with Gasteiger partial charge in [-0.15, -0.1) is 0 Å². The molecule has 0 aliphatic heterocycles. The third-order valence-electron chi connectivity index (χ3n) is 2.51. The zero-order valence-corrected chi connectivity index (χ0v) is 12.8. The first-order chi connectivity index (χ1) is 10.7. The molecule has 0 aliphatic carbocycles. The predicted octanol–water partition coefficient (Wildman–Crippen LogP) is 4.24.